The van der Waals surface area contributed by atoms with E-state index >= 15 is 0 Å². The number of nitrogens with one attached hydrogen (secondary N) is 1. The van der Waals surface area contributed by atoms with Crippen molar-refractivity contribution in [1.82, 2.24) is 13.9 Å². The SMILES string of the molecule is C[C@@H]1CN(S(=O)(=O)NCCCN2CCCC2=O)C[C@@H](C)O1. The first-order valence-corrected chi connectivity index (χ1v) is 9.00. The van der Waals surface area contributed by atoms with Gasteiger partial charge in [-0.1, -0.05) is 0 Å². The maximum absolute atomic E-state index is 12.2. The van der Waals surface area contributed by atoms with Gasteiger partial charge in [0.1, 0.15) is 0 Å². The van der Waals surface area contributed by atoms with E-state index in [-0.39, 0.29) is 18.1 Å². The van der Waals surface area contributed by atoms with E-state index in [4.69, 9.17) is 4.74 Å². The fourth-order valence-corrected chi connectivity index (χ4v) is 4.23. The van der Waals surface area contributed by atoms with Gasteiger partial charge in [0, 0.05) is 39.1 Å². The van der Waals surface area contributed by atoms with Gasteiger partial charge in [-0.2, -0.15) is 12.7 Å². The predicted octanol–water partition coefficient (Wildman–Crippen LogP) is -0.0575. The molecule has 0 spiro atoms. The van der Waals surface area contributed by atoms with Gasteiger partial charge in [-0.25, -0.2) is 4.72 Å². The maximum atomic E-state index is 12.2. The van der Waals surface area contributed by atoms with Crippen LogP contribution in [0, 0.1) is 0 Å². The predicted molar refractivity (Wildman–Crippen MR) is 78.9 cm³/mol. The minimum atomic E-state index is -3.46. The second-order valence-corrected chi connectivity index (χ2v) is 7.57. The topological polar surface area (TPSA) is 79.0 Å². The molecule has 0 bridgehead atoms. The molecule has 1 amide bonds. The zero-order valence-electron chi connectivity index (χ0n) is 12.7. The molecule has 7 nitrogen and oxygen atoms in total. The van der Waals surface area contributed by atoms with Crippen molar-refractivity contribution in [2.24, 2.45) is 0 Å². The van der Waals surface area contributed by atoms with Crippen molar-refractivity contribution in [3.63, 3.8) is 0 Å². The Morgan fingerprint density at radius 2 is 1.95 bits per heavy atom. The fraction of sp³-hybridized carbons (Fsp3) is 0.923. The summed E-state index contributed by atoms with van der Waals surface area (Å²) in [6, 6.07) is 0. The first-order chi connectivity index (χ1) is 9.88. The Morgan fingerprint density at radius 1 is 1.29 bits per heavy atom. The van der Waals surface area contributed by atoms with Crippen molar-refractivity contribution in [2.75, 3.05) is 32.7 Å². The average Bonchev–Trinajstić information content (AvgIpc) is 2.79. The van der Waals surface area contributed by atoms with Gasteiger partial charge in [-0.15, -0.1) is 0 Å². The molecular formula is C13H25N3O4S. The van der Waals surface area contributed by atoms with Gasteiger partial charge in [-0.05, 0) is 26.7 Å². The van der Waals surface area contributed by atoms with Crippen LogP contribution < -0.4 is 4.72 Å². The summed E-state index contributed by atoms with van der Waals surface area (Å²) in [5, 5.41) is 0. The highest BCUT2D eigenvalue weighted by Crippen LogP contribution is 2.13. The quantitative estimate of drug-likeness (QED) is 0.696. The third-order valence-electron chi connectivity index (χ3n) is 3.79. The lowest BCUT2D eigenvalue weighted by molar-refractivity contribution is -0.127. The highest BCUT2D eigenvalue weighted by atomic mass is 32.2. The third kappa shape index (κ3) is 4.64. The van der Waals surface area contributed by atoms with Crippen molar-refractivity contribution in [1.29, 1.82) is 0 Å². The number of nitrogens with zero attached hydrogens (tertiary/aromatic N) is 2. The largest absolute Gasteiger partial charge is 0.373 e. The van der Waals surface area contributed by atoms with Crippen molar-refractivity contribution in [3.8, 4) is 0 Å². The van der Waals surface area contributed by atoms with E-state index < -0.39 is 10.2 Å². The molecule has 1 N–H and O–H groups in total. The van der Waals surface area contributed by atoms with Crippen LogP contribution in [-0.2, 0) is 19.7 Å². The molecule has 2 aliphatic rings. The number of carbonyl (C=O) groups is 1. The van der Waals surface area contributed by atoms with Crippen LogP contribution in [0.15, 0.2) is 0 Å². The first-order valence-electron chi connectivity index (χ1n) is 7.56. The van der Waals surface area contributed by atoms with Crippen LogP contribution in [0.25, 0.3) is 0 Å². The Morgan fingerprint density at radius 3 is 2.52 bits per heavy atom. The summed E-state index contributed by atoms with van der Waals surface area (Å²) in [7, 11) is -3.46. The van der Waals surface area contributed by atoms with E-state index in [0.29, 0.717) is 39.0 Å². The van der Waals surface area contributed by atoms with Crippen LogP contribution in [0.3, 0.4) is 0 Å². The molecule has 21 heavy (non-hydrogen) atoms. The van der Waals surface area contributed by atoms with E-state index in [1.54, 1.807) is 4.90 Å². The van der Waals surface area contributed by atoms with Crippen molar-refractivity contribution < 1.29 is 17.9 Å². The summed E-state index contributed by atoms with van der Waals surface area (Å²) in [5.41, 5.74) is 0. The number of hydrogen-bond acceptors (Lipinski definition) is 4. The molecule has 0 aromatic heterocycles. The molecule has 0 aromatic rings. The molecule has 0 unspecified atom stereocenters. The monoisotopic (exact) mass is 319 g/mol. The van der Waals surface area contributed by atoms with Gasteiger partial charge in [0.25, 0.3) is 10.2 Å². The average molecular weight is 319 g/mol. The molecule has 2 heterocycles. The molecule has 122 valence electrons. The van der Waals surface area contributed by atoms with Crippen LogP contribution >= 0.6 is 0 Å². The molecule has 8 heteroatoms. The van der Waals surface area contributed by atoms with E-state index in [1.165, 1.54) is 4.31 Å². The Bertz CT molecular complexity index is 458. The maximum Gasteiger partial charge on any atom is 0.279 e. The summed E-state index contributed by atoms with van der Waals surface area (Å²) in [6.07, 6.45) is 1.99. The lowest BCUT2D eigenvalue weighted by Gasteiger charge is -2.34. The molecule has 2 rings (SSSR count). The smallest absolute Gasteiger partial charge is 0.279 e. The Labute approximate surface area is 126 Å². The summed E-state index contributed by atoms with van der Waals surface area (Å²) >= 11 is 0. The molecule has 2 saturated heterocycles. The minimum Gasteiger partial charge on any atom is -0.373 e. The van der Waals surface area contributed by atoms with Crippen LogP contribution in [0.1, 0.15) is 33.1 Å². The van der Waals surface area contributed by atoms with Crippen molar-refractivity contribution in [2.45, 2.75) is 45.3 Å². The number of likely N-dealkylation sites (tertiary alicyclic amines) is 1. The fourth-order valence-electron chi connectivity index (χ4n) is 2.83. The lowest BCUT2D eigenvalue weighted by Crippen LogP contribution is -2.52. The highest BCUT2D eigenvalue weighted by Gasteiger charge is 2.30. The van der Waals surface area contributed by atoms with E-state index in [9.17, 15) is 13.2 Å². The minimum absolute atomic E-state index is 0.0902. The summed E-state index contributed by atoms with van der Waals surface area (Å²) in [4.78, 5) is 13.2. The van der Waals surface area contributed by atoms with Gasteiger partial charge in [0.05, 0.1) is 12.2 Å². The van der Waals surface area contributed by atoms with Gasteiger partial charge in [-0.3, -0.25) is 4.79 Å². The Kier molecular flexibility index (Phi) is 5.59. The number of ether oxygens (including phenoxy) is 1. The van der Waals surface area contributed by atoms with Gasteiger partial charge < -0.3 is 9.64 Å². The van der Waals surface area contributed by atoms with Crippen LogP contribution in [0.4, 0.5) is 0 Å². The second-order valence-electron chi connectivity index (χ2n) is 5.81. The number of rotatable bonds is 6. The summed E-state index contributed by atoms with van der Waals surface area (Å²) in [6.45, 7) is 6.27. The zero-order chi connectivity index (χ0) is 15.5. The standard InChI is InChI=1S/C13H25N3O4S/c1-11-9-16(10-12(2)20-11)21(18,19)14-6-4-8-15-7-3-5-13(15)17/h11-12,14H,3-10H2,1-2H3/t11-,12-/m1/s1. The van der Waals surface area contributed by atoms with E-state index in [2.05, 4.69) is 4.72 Å². The molecule has 2 atom stereocenters. The van der Waals surface area contributed by atoms with Gasteiger partial charge in [0.2, 0.25) is 5.91 Å². The lowest BCUT2D eigenvalue weighted by atomic mass is 10.3. The van der Waals surface area contributed by atoms with Crippen LogP contribution in [-0.4, -0.2) is 68.5 Å². The third-order valence-corrected chi connectivity index (χ3v) is 5.33. The highest BCUT2D eigenvalue weighted by molar-refractivity contribution is 7.87. The number of morpholine rings is 1. The molecule has 2 aliphatic heterocycles. The normalized spacial score (nSPS) is 28.3. The molecule has 0 saturated carbocycles. The number of carbonyl (C=O) groups excluding carboxylic acids is 1. The number of amides is 1. The Hall–Kier alpha value is -0.700. The first kappa shape index (κ1) is 16.7. The molecule has 2 fully saturated rings. The van der Waals surface area contributed by atoms with Gasteiger partial charge in [0.15, 0.2) is 0 Å². The molecule has 0 aromatic carbocycles. The second kappa shape index (κ2) is 7.04. The summed E-state index contributed by atoms with van der Waals surface area (Å²) < 4.78 is 34.0. The Balaban J connectivity index is 1.74. The van der Waals surface area contributed by atoms with Gasteiger partial charge >= 0.3 is 0 Å². The molecular weight excluding hydrogens is 294 g/mol. The summed E-state index contributed by atoms with van der Waals surface area (Å²) in [5.74, 6) is 0.175. The zero-order valence-corrected chi connectivity index (χ0v) is 13.6. The van der Waals surface area contributed by atoms with E-state index in [0.717, 1.165) is 13.0 Å². The van der Waals surface area contributed by atoms with E-state index in [1.807, 2.05) is 13.8 Å². The molecule has 0 aliphatic carbocycles. The van der Waals surface area contributed by atoms with Crippen molar-refractivity contribution >= 4 is 16.1 Å². The molecule has 0 radical (unpaired) electrons. The van der Waals surface area contributed by atoms with Crippen LogP contribution in [0.2, 0.25) is 0 Å². The van der Waals surface area contributed by atoms with Crippen LogP contribution in [0.5, 0.6) is 0 Å². The van der Waals surface area contributed by atoms with Crippen molar-refractivity contribution in [3.05, 3.63) is 0 Å². The number of hydrogen-bond donors (Lipinski definition) is 1.